The molecular weight excluding hydrogens is 340 g/mol. The molecule has 0 unspecified atom stereocenters. The maximum absolute atomic E-state index is 12.3. The number of hydrogen-bond acceptors (Lipinski definition) is 4. The lowest BCUT2D eigenvalue weighted by molar-refractivity contribution is -0.118. The largest absolute Gasteiger partial charge is 0.494 e. The number of fused-ring (bicyclic) bond motifs is 1. The third-order valence-electron chi connectivity index (χ3n) is 4.05. The molecule has 27 heavy (non-hydrogen) atoms. The van der Waals surface area contributed by atoms with Crippen LogP contribution in [0.4, 0.5) is 5.69 Å². The summed E-state index contributed by atoms with van der Waals surface area (Å²) < 4.78 is 11.4. The van der Waals surface area contributed by atoms with Crippen LogP contribution in [0.15, 0.2) is 42.5 Å². The number of benzene rings is 2. The average molecular weight is 364 g/mol. The summed E-state index contributed by atoms with van der Waals surface area (Å²) in [5.74, 6) is 1.17. The van der Waals surface area contributed by atoms with E-state index < -0.39 is 0 Å². The van der Waals surface area contributed by atoms with Gasteiger partial charge in [-0.15, -0.1) is 0 Å². The van der Waals surface area contributed by atoms with Crippen LogP contribution < -0.4 is 14.8 Å². The number of ether oxygens (including phenoxy) is 2. The molecule has 5 heteroatoms. The Morgan fingerprint density at radius 1 is 1.00 bits per heavy atom. The normalized spacial score (nSPS) is 10.7. The van der Waals surface area contributed by atoms with Crippen molar-refractivity contribution in [1.29, 1.82) is 0 Å². The Balaban J connectivity index is 1.77. The van der Waals surface area contributed by atoms with E-state index in [1.54, 1.807) is 0 Å². The minimum atomic E-state index is -0.205. The number of anilines is 1. The minimum Gasteiger partial charge on any atom is -0.494 e. The van der Waals surface area contributed by atoms with Crippen LogP contribution in [0.25, 0.3) is 10.9 Å². The Bertz CT molecular complexity index is 962. The van der Waals surface area contributed by atoms with Gasteiger partial charge in [0.15, 0.2) is 6.61 Å². The summed E-state index contributed by atoms with van der Waals surface area (Å²) in [7, 11) is 0. The van der Waals surface area contributed by atoms with Crippen molar-refractivity contribution in [3.8, 4) is 11.5 Å². The number of carbonyl (C=O) groups excluding carboxylic acids is 1. The second-order valence-corrected chi connectivity index (χ2v) is 6.59. The predicted octanol–water partition coefficient (Wildman–Crippen LogP) is 4.58. The molecule has 2 aromatic carbocycles. The highest BCUT2D eigenvalue weighted by Gasteiger charge is 2.10. The molecule has 3 rings (SSSR count). The van der Waals surface area contributed by atoms with Gasteiger partial charge in [-0.05, 0) is 69.2 Å². The molecule has 0 radical (unpaired) electrons. The molecule has 0 aliphatic rings. The van der Waals surface area contributed by atoms with Gasteiger partial charge < -0.3 is 14.8 Å². The third kappa shape index (κ3) is 4.76. The van der Waals surface area contributed by atoms with E-state index in [9.17, 15) is 4.79 Å². The highest BCUT2D eigenvalue weighted by molar-refractivity contribution is 5.93. The fourth-order valence-electron chi connectivity index (χ4n) is 3.06. The smallest absolute Gasteiger partial charge is 0.262 e. The SMILES string of the molecule is CCOc1ccc2nc(C)cc(OCC(=O)Nc3cc(C)cc(C)c3)c2c1. The van der Waals surface area contributed by atoms with E-state index in [4.69, 9.17) is 9.47 Å². The minimum absolute atomic E-state index is 0.0790. The number of rotatable bonds is 6. The first kappa shape index (κ1) is 18.7. The van der Waals surface area contributed by atoms with E-state index in [0.29, 0.717) is 12.4 Å². The summed E-state index contributed by atoms with van der Waals surface area (Å²) in [5, 5.41) is 3.71. The number of amides is 1. The van der Waals surface area contributed by atoms with Crippen molar-refractivity contribution in [2.75, 3.05) is 18.5 Å². The molecule has 0 spiro atoms. The van der Waals surface area contributed by atoms with Gasteiger partial charge in [0.25, 0.3) is 5.91 Å². The summed E-state index contributed by atoms with van der Waals surface area (Å²) in [6.45, 7) is 8.34. The van der Waals surface area contributed by atoms with Crippen LogP contribution in [0.3, 0.4) is 0 Å². The summed E-state index contributed by atoms with van der Waals surface area (Å²) >= 11 is 0. The van der Waals surface area contributed by atoms with E-state index in [1.165, 1.54) is 0 Å². The number of carbonyl (C=O) groups is 1. The van der Waals surface area contributed by atoms with E-state index in [0.717, 1.165) is 39.2 Å². The molecule has 0 aliphatic carbocycles. The molecule has 5 nitrogen and oxygen atoms in total. The van der Waals surface area contributed by atoms with Crippen molar-refractivity contribution in [2.45, 2.75) is 27.7 Å². The molecule has 0 atom stereocenters. The molecule has 0 bridgehead atoms. The zero-order valence-corrected chi connectivity index (χ0v) is 16.1. The molecule has 1 amide bonds. The van der Waals surface area contributed by atoms with Crippen LogP contribution in [0, 0.1) is 20.8 Å². The summed E-state index contributed by atoms with van der Waals surface area (Å²) in [6.07, 6.45) is 0. The van der Waals surface area contributed by atoms with Crippen molar-refractivity contribution in [2.24, 2.45) is 0 Å². The number of pyridine rings is 1. The molecule has 1 aromatic heterocycles. The quantitative estimate of drug-likeness (QED) is 0.696. The average Bonchev–Trinajstić information content (AvgIpc) is 2.59. The summed E-state index contributed by atoms with van der Waals surface area (Å²) in [6, 6.07) is 13.4. The monoisotopic (exact) mass is 364 g/mol. The number of hydrogen-bond donors (Lipinski definition) is 1. The third-order valence-corrected chi connectivity index (χ3v) is 4.05. The van der Waals surface area contributed by atoms with E-state index >= 15 is 0 Å². The number of aromatic nitrogens is 1. The molecule has 3 aromatic rings. The van der Waals surface area contributed by atoms with Crippen LogP contribution >= 0.6 is 0 Å². The van der Waals surface area contributed by atoms with Gasteiger partial charge in [-0.2, -0.15) is 0 Å². The number of nitrogens with one attached hydrogen (secondary N) is 1. The fourth-order valence-corrected chi connectivity index (χ4v) is 3.06. The second kappa shape index (κ2) is 8.08. The van der Waals surface area contributed by atoms with E-state index in [1.807, 2.05) is 64.1 Å². The molecule has 0 fully saturated rings. The van der Waals surface area contributed by atoms with E-state index in [-0.39, 0.29) is 12.5 Å². The lowest BCUT2D eigenvalue weighted by Crippen LogP contribution is -2.20. The van der Waals surface area contributed by atoms with Crippen LogP contribution in [-0.2, 0) is 4.79 Å². The highest BCUT2D eigenvalue weighted by Crippen LogP contribution is 2.29. The fraction of sp³-hybridized carbons (Fsp3) is 0.273. The van der Waals surface area contributed by atoms with Crippen molar-refractivity contribution < 1.29 is 14.3 Å². The Morgan fingerprint density at radius 2 is 1.74 bits per heavy atom. The lowest BCUT2D eigenvalue weighted by atomic mass is 10.1. The first-order chi connectivity index (χ1) is 12.9. The maximum atomic E-state index is 12.3. The Kier molecular flexibility index (Phi) is 5.60. The van der Waals surface area contributed by atoms with Crippen LogP contribution in [0.2, 0.25) is 0 Å². The Hall–Kier alpha value is -3.08. The van der Waals surface area contributed by atoms with Gasteiger partial charge in [0.05, 0.1) is 12.1 Å². The van der Waals surface area contributed by atoms with Gasteiger partial charge in [-0.1, -0.05) is 6.07 Å². The highest BCUT2D eigenvalue weighted by atomic mass is 16.5. The van der Waals surface area contributed by atoms with Gasteiger partial charge in [-0.25, -0.2) is 0 Å². The molecule has 1 N–H and O–H groups in total. The van der Waals surface area contributed by atoms with Crippen LogP contribution in [0.5, 0.6) is 11.5 Å². The lowest BCUT2D eigenvalue weighted by Gasteiger charge is -2.12. The molecule has 0 saturated carbocycles. The van der Waals surface area contributed by atoms with Crippen molar-refractivity contribution in [1.82, 2.24) is 4.98 Å². The van der Waals surface area contributed by atoms with Gasteiger partial charge >= 0.3 is 0 Å². The zero-order valence-electron chi connectivity index (χ0n) is 16.1. The van der Waals surface area contributed by atoms with Crippen molar-refractivity contribution in [3.05, 3.63) is 59.3 Å². The van der Waals surface area contributed by atoms with Gasteiger partial charge in [0.2, 0.25) is 0 Å². The van der Waals surface area contributed by atoms with Gasteiger partial charge in [-0.3, -0.25) is 9.78 Å². The summed E-state index contributed by atoms with van der Waals surface area (Å²) in [4.78, 5) is 16.8. The van der Waals surface area contributed by atoms with Gasteiger partial charge in [0.1, 0.15) is 11.5 Å². The summed E-state index contributed by atoms with van der Waals surface area (Å²) in [5.41, 5.74) is 4.62. The van der Waals surface area contributed by atoms with E-state index in [2.05, 4.69) is 16.4 Å². The molecule has 0 saturated heterocycles. The first-order valence-electron chi connectivity index (χ1n) is 9.00. The Morgan fingerprint density at radius 3 is 2.44 bits per heavy atom. The molecule has 1 heterocycles. The van der Waals surface area contributed by atoms with Gasteiger partial charge in [0, 0.05) is 22.8 Å². The second-order valence-electron chi connectivity index (χ2n) is 6.59. The number of aryl methyl sites for hydroxylation is 3. The molecule has 140 valence electrons. The first-order valence-corrected chi connectivity index (χ1v) is 9.00. The van der Waals surface area contributed by atoms with Crippen molar-refractivity contribution in [3.63, 3.8) is 0 Å². The predicted molar refractivity (Wildman–Crippen MR) is 108 cm³/mol. The standard InChI is InChI=1S/C22H24N2O3/c1-5-26-18-6-7-20-19(12-18)21(11-16(4)23-20)27-13-22(25)24-17-9-14(2)8-15(3)10-17/h6-12H,5,13H2,1-4H3,(H,24,25). The topological polar surface area (TPSA) is 60.5 Å². The number of nitrogens with zero attached hydrogens (tertiary/aromatic N) is 1. The maximum Gasteiger partial charge on any atom is 0.262 e. The van der Waals surface area contributed by atoms with Crippen LogP contribution in [0.1, 0.15) is 23.7 Å². The molecular formula is C22H24N2O3. The Labute approximate surface area is 159 Å². The van der Waals surface area contributed by atoms with Crippen LogP contribution in [-0.4, -0.2) is 24.1 Å². The zero-order chi connectivity index (χ0) is 19.4. The van der Waals surface area contributed by atoms with Crippen molar-refractivity contribution >= 4 is 22.5 Å². The molecule has 0 aliphatic heterocycles.